The molecular formula is C32H31ClFN7. The van der Waals surface area contributed by atoms with E-state index in [1.807, 2.05) is 6.07 Å². The molecule has 0 aliphatic heterocycles. The second kappa shape index (κ2) is 9.42. The molecule has 4 bridgehead atoms. The van der Waals surface area contributed by atoms with E-state index in [0.29, 0.717) is 39.1 Å². The molecule has 2 N–H and O–H groups in total. The monoisotopic (exact) mass is 568 g/mol. The second-order valence-corrected chi connectivity index (χ2v) is 13.1. The van der Waals surface area contributed by atoms with Gasteiger partial charge in [-0.1, -0.05) is 28.9 Å². The van der Waals surface area contributed by atoms with Crippen molar-refractivity contribution in [2.75, 3.05) is 10.6 Å². The summed E-state index contributed by atoms with van der Waals surface area (Å²) in [5.74, 6) is 1.85. The molecule has 0 amide bonds. The second-order valence-electron chi connectivity index (χ2n) is 12.7. The lowest BCUT2D eigenvalue weighted by Gasteiger charge is -2.57. The Morgan fingerprint density at radius 3 is 2.46 bits per heavy atom. The zero-order chi connectivity index (χ0) is 28.6. The van der Waals surface area contributed by atoms with Gasteiger partial charge in [0, 0.05) is 22.8 Å². The Kier molecular flexibility index (Phi) is 5.50. The fourth-order valence-electron chi connectivity index (χ4n) is 8.03. The van der Waals surface area contributed by atoms with Crippen LogP contribution in [-0.2, 0) is 0 Å². The Hall–Kier alpha value is -3.70. The molecule has 208 valence electrons. The first kappa shape index (κ1) is 24.0. The summed E-state index contributed by atoms with van der Waals surface area (Å²) in [7, 11) is 0. The Labute approximate surface area is 244 Å². The van der Waals surface area contributed by atoms with Crippen LogP contribution in [0.15, 0.2) is 48.8 Å². The Balaban J connectivity index is 1.22. The third kappa shape index (κ3) is 4.51. The first-order valence-corrected chi connectivity index (χ1v) is 15.0. The minimum absolute atomic E-state index is 0.0286. The molecule has 0 radical (unpaired) electrons. The first-order chi connectivity index (χ1) is 20.3. The molecule has 0 spiro atoms. The van der Waals surface area contributed by atoms with E-state index in [9.17, 15) is 11.0 Å². The van der Waals surface area contributed by atoms with Crippen molar-refractivity contribution < 1.29 is 5.76 Å². The predicted molar refractivity (Wildman–Crippen MR) is 156 cm³/mol. The maximum atomic E-state index is 13.9. The van der Waals surface area contributed by atoms with Gasteiger partial charge in [-0.2, -0.15) is 5.26 Å². The molecule has 41 heavy (non-hydrogen) atoms. The molecule has 2 aromatic carbocycles. The highest BCUT2D eigenvalue weighted by molar-refractivity contribution is 6.35. The normalized spacial score (nSPS) is 28.2. The van der Waals surface area contributed by atoms with Crippen molar-refractivity contribution in [2.45, 2.75) is 69.0 Å². The standard InChI is InChI=1S/C32H31ClFN7/c33-27-11-24(37-30(21-1-3-23(34)4-2-21)28-17-41(40-39-28)25-5-6-25)10-26-29(22(15-35)16-36-31(26)27)38-32-12-18-7-19(13-32)9-20(8-18)14-32/h1-4,10-11,16-20,25,30,37H,5-9,12-14H2,(H,36,38)/i30D. The number of benzene rings is 2. The Morgan fingerprint density at radius 1 is 1.10 bits per heavy atom. The number of nitriles is 1. The minimum Gasteiger partial charge on any atom is -0.378 e. The third-order valence-corrected chi connectivity index (χ3v) is 9.85. The zero-order valence-corrected chi connectivity index (χ0v) is 23.3. The van der Waals surface area contributed by atoms with Crippen molar-refractivity contribution in [3.63, 3.8) is 0 Å². The van der Waals surface area contributed by atoms with Crippen LogP contribution >= 0.6 is 11.6 Å². The van der Waals surface area contributed by atoms with Gasteiger partial charge in [-0.15, -0.1) is 5.10 Å². The van der Waals surface area contributed by atoms with Gasteiger partial charge >= 0.3 is 0 Å². The maximum absolute atomic E-state index is 13.9. The van der Waals surface area contributed by atoms with Crippen LogP contribution in [0, 0.1) is 34.9 Å². The number of rotatable bonds is 7. The Morgan fingerprint density at radius 2 is 1.80 bits per heavy atom. The molecule has 5 saturated carbocycles. The van der Waals surface area contributed by atoms with Gasteiger partial charge in [0.05, 0.1) is 41.4 Å². The highest BCUT2D eigenvalue weighted by Gasteiger charge is 2.51. The summed E-state index contributed by atoms with van der Waals surface area (Å²) in [5, 5.41) is 27.2. The van der Waals surface area contributed by atoms with E-state index in [1.165, 1.54) is 31.4 Å². The zero-order valence-electron chi connectivity index (χ0n) is 23.6. The average molecular weight is 569 g/mol. The van der Waals surface area contributed by atoms with Crippen LogP contribution in [0.3, 0.4) is 0 Å². The van der Waals surface area contributed by atoms with E-state index in [1.54, 1.807) is 35.3 Å². The van der Waals surface area contributed by atoms with Crippen LogP contribution < -0.4 is 10.6 Å². The minimum atomic E-state index is -1.58. The number of nitrogens with one attached hydrogen (secondary N) is 2. The van der Waals surface area contributed by atoms with Crippen LogP contribution in [0.25, 0.3) is 10.9 Å². The number of fused-ring (bicyclic) bond motifs is 1. The number of nitrogens with zero attached hydrogens (tertiary/aromatic N) is 5. The first-order valence-electron chi connectivity index (χ1n) is 15.1. The van der Waals surface area contributed by atoms with Gasteiger partial charge in [-0.3, -0.25) is 4.98 Å². The molecule has 7 nitrogen and oxygen atoms in total. The summed E-state index contributed by atoms with van der Waals surface area (Å²) in [6.45, 7) is 0. The third-order valence-electron chi connectivity index (χ3n) is 9.56. The van der Waals surface area contributed by atoms with E-state index >= 15 is 0 Å². The van der Waals surface area contributed by atoms with E-state index in [2.05, 4.69) is 32.0 Å². The van der Waals surface area contributed by atoms with Gasteiger partial charge in [0.15, 0.2) is 0 Å². The van der Waals surface area contributed by atoms with Crippen LogP contribution in [-0.4, -0.2) is 25.5 Å². The summed E-state index contributed by atoms with van der Waals surface area (Å²) in [5.41, 5.74) is 3.29. The largest absolute Gasteiger partial charge is 0.378 e. The molecule has 9 rings (SSSR count). The molecule has 5 fully saturated rings. The van der Waals surface area contributed by atoms with E-state index in [0.717, 1.165) is 60.9 Å². The van der Waals surface area contributed by atoms with Crippen molar-refractivity contribution >= 4 is 33.9 Å². The van der Waals surface area contributed by atoms with Crippen LogP contribution in [0.4, 0.5) is 15.8 Å². The fourth-order valence-corrected chi connectivity index (χ4v) is 8.30. The lowest BCUT2D eigenvalue weighted by Crippen LogP contribution is -2.54. The van der Waals surface area contributed by atoms with Gasteiger partial charge in [0.25, 0.3) is 0 Å². The predicted octanol–water partition coefficient (Wildman–Crippen LogP) is 7.41. The average Bonchev–Trinajstić information content (AvgIpc) is 3.68. The molecule has 5 aliphatic carbocycles. The lowest BCUT2D eigenvalue weighted by atomic mass is 9.53. The highest BCUT2D eigenvalue weighted by Crippen LogP contribution is 2.57. The quantitative estimate of drug-likeness (QED) is 0.241. The summed E-state index contributed by atoms with van der Waals surface area (Å²) in [6.07, 6.45) is 12.8. The van der Waals surface area contributed by atoms with Gasteiger partial charge in [0.1, 0.15) is 17.6 Å². The van der Waals surface area contributed by atoms with Crippen LogP contribution in [0.2, 0.25) is 5.02 Å². The molecule has 0 saturated heterocycles. The van der Waals surface area contributed by atoms with Gasteiger partial charge in [-0.05, 0) is 98.9 Å². The summed E-state index contributed by atoms with van der Waals surface area (Å²) < 4.78 is 25.3. The molecule has 4 aromatic rings. The number of anilines is 2. The molecule has 2 heterocycles. The highest BCUT2D eigenvalue weighted by atomic mass is 35.5. The van der Waals surface area contributed by atoms with Gasteiger partial charge in [0.2, 0.25) is 0 Å². The Bertz CT molecular complexity index is 1710. The van der Waals surface area contributed by atoms with Gasteiger partial charge in [-0.25, -0.2) is 9.07 Å². The van der Waals surface area contributed by atoms with Crippen molar-refractivity contribution in [1.29, 1.82) is 5.26 Å². The number of hydrogen-bond acceptors (Lipinski definition) is 6. The maximum Gasteiger partial charge on any atom is 0.123 e. The number of pyridine rings is 1. The summed E-state index contributed by atoms with van der Waals surface area (Å²) in [4.78, 5) is 4.56. The van der Waals surface area contributed by atoms with Crippen molar-refractivity contribution in [3.8, 4) is 6.07 Å². The smallest absolute Gasteiger partial charge is 0.123 e. The van der Waals surface area contributed by atoms with Crippen LogP contribution in [0.5, 0.6) is 0 Å². The molecule has 1 unspecified atom stereocenters. The topological polar surface area (TPSA) is 91.5 Å². The number of halogens is 2. The molecular weight excluding hydrogens is 537 g/mol. The van der Waals surface area contributed by atoms with Crippen molar-refractivity contribution in [1.82, 2.24) is 20.0 Å². The van der Waals surface area contributed by atoms with Crippen LogP contribution in [0.1, 0.15) is 81.6 Å². The molecule has 9 heteroatoms. The summed E-state index contributed by atoms with van der Waals surface area (Å²) in [6, 6.07) is 10.6. The van der Waals surface area contributed by atoms with E-state index < -0.39 is 6.02 Å². The number of hydrogen-bond donors (Lipinski definition) is 2. The van der Waals surface area contributed by atoms with E-state index in [4.69, 9.17) is 11.6 Å². The van der Waals surface area contributed by atoms with Crippen molar-refractivity contribution in [2.24, 2.45) is 17.8 Å². The van der Waals surface area contributed by atoms with Gasteiger partial charge < -0.3 is 10.6 Å². The number of aromatic nitrogens is 4. The SMILES string of the molecule is [2H]C(Nc1cc(Cl)c2ncc(C#N)c(NC34CC5CC(CC(C5)C3)C4)c2c1)(c1ccc(F)cc1)c1cn(C2CC2)nn1. The molecule has 5 aliphatic rings. The van der Waals surface area contributed by atoms with Crippen molar-refractivity contribution in [3.05, 3.63) is 76.5 Å². The lowest BCUT2D eigenvalue weighted by molar-refractivity contribution is 0.0107. The summed E-state index contributed by atoms with van der Waals surface area (Å²) >= 11 is 6.85. The van der Waals surface area contributed by atoms with E-state index in [-0.39, 0.29) is 11.4 Å². The molecule has 1 atom stereocenters. The molecule has 2 aromatic heterocycles. The fraction of sp³-hybridized carbons (Fsp3) is 0.438.